The van der Waals surface area contributed by atoms with Crippen molar-refractivity contribution in [1.29, 1.82) is 0 Å². The molecule has 8 nitrogen and oxygen atoms in total. The summed E-state index contributed by atoms with van der Waals surface area (Å²) in [6.45, 7) is 0.649. The average molecular weight is 416 g/mol. The largest absolute Gasteiger partial charge is 0.493 e. The van der Waals surface area contributed by atoms with Gasteiger partial charge in [0.15, 0.2) is 23.0 Å². The number of hydrogen-bond acceptors (Lipinski definition) is 8. The first kappa shape index (κ1) is 20.2. The monoisotopic (exact) mass is 416 g/mol. The molecule has 2 aromatic carbocycles. The van der Waals surface area contributed by atoms with Crippen LogP contribution in [0.1, 0.15) is 35.1 Å². The molecule has 0 aromatic heterocycles. The summed E-state index contributed by atoms with van der Waals surface area (Å²) in [6, 6.07) is 7.51. The van der Waals surface area contributed by atoms with Gasteiger partial charge in [0.2, 0.25) is 12.5 Å². The fourth-order valence-electron chi connectivity index (χ4n) is 4.28. The first-order chi connectivity index (χ1) is 14.6. The van der Waals surface area contributed by atoms with Crippen LogP contribution in [0.4, 0.5) is 0 Å². The van der Waals surface area contributed by atoms with E-state index in [1.54, 1.807) is 27.4 Å². The first-order valence-electron chi connectivity index (χ1n) is 9.57. The van der Waals surface area contributed by atoms with E-state index >= 15 is 0 Å². The zero-order valence-corrected chi connectivity index (χ0v) is 17.0. The molecule has 2 aromatic rings. The molecule has 4 rings (SSSR count). The molecular formula is C22H24O8. The molecule has 0 spiro atoms. The van der Waals surface area contributed by atoms with Gasteiger partial charge < -0.3 is 33.5 Å². The van der Waals surface area contributed by atoms with Crippen molar-refractivity contribution in [3.63, 3.8) is 0 Å². The van der Waals surface area contributed by atoms with Crippen molar-refractivity contribution in [1.82, 2.24) is 0 Å². The van der Waals surface area contributed by atoms with E-state index in [0.717, 1.165) is 16.7 Å². The lowest BCUT2D eigenvalue weighted by molar-refractivity contribution is -0.131. The maximum Gasteiger partial charge on any atom is 0.293 e. The molecule has 0 amide bonds. The van der Waals surface area contributed by atoms with E-state index in [4.69, 9.17) is 28.4 Å². The molecule has 160 valence electrons. The summed E-state index contributed by atoms with van der Waals surface area (Å²) in [7, 11) is 4.69. The Labute approximate surface area is 174 Å². The Morgan fingerprint density at radius 1 is 1.00 bits per heavy atom. The standard InChI is InChI=1S/C22H24O8/c1-25-19-5-12(6-20(26-2)22(19)27-3)14-4-13(9-28-10-23)21(24)16-8-18-17(7-15(14)16)29-11-30-18/h5-8,10,13-14,21,24H,4,9,11H2,1-3H3/t13?,14-,21-/m1/s1. The van der Waals surface area contributed by atoms with Crippen LogP contribution in [-0.2, 0) is 9.53 Å². The van der Waals surface area contributed by atoms with E-state index in [1.807, 2.05) is 18.2 Å². The molecule has 0 fully saturated rings. The predicted molar refractivity (Wildman–Crippen MR) is 106 cm³/mol. The second-order valence-electron chi connectivity index (χ2n) is 7.22. The van der Waals surface area contributed by atoms with E-state index in [0.29, 0.717) is 41.6 Å². The van der Waals surface area contributed by atoms with Crippen LogP contribution < -0.4 is 23.7 Å². The highest BCUT2D eigenvalue weighted by Crippen LogP contribution is 2.51. The quantitative estimate of drug-likeness (QED) is 0.689. The number of hydrogen-bond donors (Lipinski definition) is 1. The van der Waals surface area contributed by atoms with Gasteiger partial charge in [-0.1, -0.05) is 0 Å². The summed E-state index contributed by atoms with van der Waals surface area (Å²) < 4.78 is 32.5. The van der Waals surface area contributed by atoms with Gasteiger partial charge in [-0.3, -0.25) is 4.79 Å². The summed E-state index contributed by atoms with van der Waals surface area (Å²) in [5.41, 5.74) is 2.57. The van der Waals surface area contributed by atoms with Gasteiger partial charge in [0.05, 0.1) is 34.0 Å². The summed E-state index contributed by atoms with van der Waals surface area (Å²) in [4.78, 5) is 10.8. The lowest BCUT2D eigenvalue weighted by Crippen LogP contribution is -2.28. The Kier molecular flexibility index (Phi) is 5.59. The van der Waals surface area contributed by atoms with Gasteiger partial charge in [0.25, 0.3) is 6.47 Å². The number of rotatable bonds is 7. The summed E-state index contributed by atoms with van der Waals surface area (Å²) in [5, 5.41) is 11.0. The number of aliphatic hydroxyl groups is 1. The number of benzene rings is 2. The first-order valence-corrected chi connectivity index (χ1v) is 9.57. The van der Waals surface area contributed by atoms with E-state index in [9.17, 15) is 9.90 Å². The molecule has 8 heteroatoms. The Bertz CT molecular complexity index is 916. The Morgan fingerprint density at radius 3 is 2.20 bits per heavy atom. The zero-order valence-electron chi connectivity index (χ0n) is 17.0. The van der Waals surface area contributed by atoms with Gasteiger partial charge in [-0.05, 0) is 47.4 Å². The normalized spacial score (nSPS) is 21.5. The molecule has 1 heterocycles. The van der Waals surface area contributed by atoms with Gasteiger partial charge in [-0.2, -0.15) is 0 Å². The number of carbonyl (C=O) groups is 1. The van der Waals surface area contributed by atoms with Crippen LogP contribution >= 0.6 is 0 Å². The number of carbonyl (C=O) groups excluding carboxylic acids is 1. The molecule has 0 bridgehead atoms. The van der Waals surface area contributed by atoms with Gasteiger partial charge >= 0.3 is 0 Å². The molecule has 0 radical (unpaired) electrons. The molecule has 1 unspecified atom stereocenters. The van der Waals surface area contributed by atoms with E-state index in [2.05, 4.69) is 0 Å². The van der Waals surface area contributed by atoms with Crippen molar-refractivity contribution >= 4 is 6.47 Å². The van der Waals surface area contributed by atoms with Gasteiger partial charge in [0, 0.05) is 11.8 Å². The summed E-state index contributed by atoms with van der Waals surface area (Å²) in [6.07, 6.45) is -0.243. The van der Waals surface area contributed by atoms with Crippen molar-refractivity contribution in [2.24, 2.45) is 5.92 Å². The fourth-order valence-corrected chi connectivity index (χ4v) is 4.28. The Balaban J connectivity index is 1.84. The van der Waals surface area contributed by atoms with Crippen molar-refractivity contribution in [3.8, 4) is 28.7 Å². The Morgan fingerprint density at radius 2 is 1.63 bits per heavy atom. The molecule has 2 aliphatic rings. The minimum absolute atomic E-state index is 0.111. The molecule has 1 aliphatic carbocycles. The molecule has 3 atom stereocenters. The topological polar surface area (TPSA) is 92.7 Å². The van der Waals surface area contributed by atoms with Crippen molar-refractivity contribution in [2.75, 3.05) is 34.7 Å². The van der Waals surface area contributed by atoms with E-state index < -0.39 is 6.10 Å². The molecule has 0 saturated heterocycles. The molecular weight excluding hydrogens is 392 g/mol. The number of ether oxygens (including phenoxy) is 6. The van der Waals surface area contributed by atoms with Crippen LogP contribution in [-0.4, -0.2) is 46.3 Å². The van der Waals surface area contributed by atoms with Crippen molar-refractivity contribution in [3.05, 3.63) is 41.0 Å². The summed E-state index contributed by atoms with van der Waals surface area (Å²) in [5.74, 6) is 2.42. The maximum atomic E-state index is 11.0. The molecule has 1 aliphatic heterocycles. The Hall–Kier alpha value is -3.13. The lowest BCUT2D eigenvalue weighted by atomic mass is 9.72. The van der Waals surface area contributed by atoms with Crippen LogP contribution in [0.2, 0.25) is 0 Å². The van der Waals surface area contributed by atoms with Crippen LogP contribution in [0.25, 0.3) is 0 Å². The predicted octanol–water partition coefficient (Wildman–Crippen LogP) is 2.80. The van der Waals surface area contributed by atoms with E-state index in [-0.39, 0.29) is 25.2 Å². The van der Waals surface area contributed by atoms with Crippen LogP contribution in [0, 0.1) is 5.92 Å². The summed E-state index contributed by atoms with van der Waals surface area (Å²) >= 11 is 0. The number of aliphatic hydroxyl groups excluding tert-OH is 1. The SMILES string of the molecule is COc1cc([C@H]2CC(COC=O)[C@@H](O)c3cc4c(cc32)OCO4)cc(OC)c1OC. The second kappa shape index (κ2) is 8.31. The number of fused-ring (bicyclic) bond motifs is 2. The van der Waals surface area contributed by atoms with Crippen LogP contribution in [0.15, 0.2) is 24.3 Å². The van der Waals surface area contributed by atoms with Crippen LogP contribution in [0.3, 0.4) is 0 Å². The second-order valence-corrected chi connectivity index (χ2v) is 7.22. The molecule has 0 saturated carbocycles. The molecule has 1 N–H and O–H groups in total. The molecule has 30 heavy (non-hydrogen) atoms. The van der Waals surface area contributed by atoms with Crippen molar-refractivity contribution in [2.45, 2.75) is 18.4 Å². The van der Waals surface area contributed by atoms with Gasteiger partial charge in [-0.15, -0.1) is 0 Å². The third kappa shape index (κ3) is 3.37. The lowest BCUT2D eigenvalue weighted by Gasteiger charge is -2.35. The third-order valence-corrected chi connectivity index (χ3v) is 5.73. The zero-order chi connectivity index (χ0) is 21.3. The average Bonchev–Trinajstić information content (AvgIpc) is 3.24. The van der Waals surface area contributed by atoms with Gasteiger partial charge in [0.1, 0.15) is 0 Å². The smallest absolute Gasteiger partial charge is 0.293 e. The van der Waals surface area contributed by atoms with Crippen LogP contribution in [0.5, 0.6) is 28.7 Å². The van der Waals surface area contributed by atoms with E-state index in [1.165, 1.54) is 0 Å². The highest BCUT2D eigenvalue weighted by atomic mass is 16.7. The maximum absolute atomic E-state index is 11.0. The highest BCUT2D eigenvalue weighted by molar-refractivity contribution is 5.58. The number of methoxy groups -OCH3 is 3. The third-order valence-electron chi connectivity index (χ3n) is 5.73. The highest BCUT2D eigenvalue weighted by Gasteiger charge is 2.37. The minimum Gasteiger partial charge on any atom is -0.493 e. The van der Waals surface area contributed by atoms with Gasteiger partial charge in [-0.25, -0.2) is 0 Å². The van der Waals surface area contributed by atoms with Crippen molar-refractivity contribution < 1.29 is 38.3 Å². The fraction of sp³-hybridized carbons (Fsp3) is 0.409. The minimum atomic E-state index is -0.798.